The molecule has 0 saturated heterocycles. The minimum atomic E-state index is -0.557. The number of amidine groups is 1. The molecule has 41 heavy (non-hydrogen) atoms. The van der Waals surface area contributed by atoms with Crippen LogP contribution < -0.4 is 31.6 Å². The number of esters is 1. The lowest BCUT2D eigenvalue weighted by molar-refractivity contribution is -0.145. The second-order valence-corrected chi connectivity index (χ2v) is 8.52. The van der Waals surface area contributed by atoms with E-state index in [2.05, 4.69) is 20.8 Å². The van der Waals surface area contributed by atoms with Crippen molar-refractivity contribution >= 4 is 35.1 Å². The molecule has 216 valence electrons. The maximum Gasteiger partial charge on any atom is 0.344 e. The second-order valence-electron chi connectivity index (χ2n) is 8.52. The van der Waals surface area contributed by atoms with Crippen LogP contribution in [-0.2, 0) is 27.3 Å². The fraction of sp³-hybridized carbons (Fsp3) is 0.250. The number of nitrogens with zero attached hydrogens (tertiary/aromatic N) is 2. The van der Waals surface area contributed by atoms with Crippen LogP contribution in [0.1, 0.15) is 40.9 Å². The zero-order valence-electron chi connectivity index (χ0n) is 22.7. The first-order chi connectivity index (χ1) is 19.7. The average molecular weight is 565 g/mol. The Bertz CT molecular complexity index is 1410. The van der Waals surface area contributed by atoms with Crippen molar-refractivity contribution in [2.45, 2.75) is 26.8 Å². The largest absolute Gasteiger partial charge is 0.490 e. The van der Waals surface area contributed by atoms with Crippen LogP contribution in [0.4, 0.5) is 11.5 Å². The predicted octanol–water partition coefficient (Wildman–Crippen LogP) is 2.41. The number of nitrogens with two attached hydrogens (primary N) is 2. The molecule has 0 aliphatic carbocycles. The average Bonchev–Trinajstić information content (AvgIpc) is 2.95. The molecule has 13 nitrogen and oxygen atoms in total. The van der Waals surface area contributed by atoms with Crippen LogP contribution in [0.15, 0.2) is 59.9 Å². The summed E-state index contributed by atoms with van der Waals surface area (Å²) in [4.78, 5) is 41.0. The summed E-state index contributed by atoms with van der Waals surface area (Å²) in [6.45, 7) is 3.71. The van der Waals surface area contributed by atoms with Gasteiger partial charge in [0.05, 0.1) is 25.2 Å². The van der Waals surface area contributed by atoms with Gasteiger partial charge >= 0.3 is 5.97 Å². The summed E-state index contributed by atoms with van der Waals surface area (Å²) < 4.78 is 16.5. The molecular weight excluding hydrogens is 532 g/mol. The molecule has 1 heterocycles. The number of hydrogen-bond acceptors (Lipinski definition) is 10. The summed E-state index contributed by atoms with van der Waals surface area (Å²) in [7, 11) is 0. The van der Waals surface area contributed by atoms with Crippen molar-refractivity contribution in [2.24, 2.45) is 16.6 Å². The maximum absolute atomic E-state index is 13.1. The van der Waals surface area contributed by atoms with Gasteiger partial charge < -0.3 is 41.5 Å². The van der Waals surface area contributed by atoms with E-state index >= 15 is 0 Å². The first-order valence-electron chi connectivity index (χ1n) is 12.7. The molecule has 0 aliphatic rings. The monoisotopic (exact) mass is 564 g/mol. The summed E-state index contributed by atoms with van der Waals surface area (Å²) in [5.74, 6) is -0.719. The van der Waals surface area contributed by atoms with Crippen LogP contribution in [0.3, 0.4) is 0 Å². The first-order valence-corrected chi connectivity index (χ1v) is 12.7. The van der Waals surface area contributed by atoms with Crippen molar-refractivity contribution in [1.82, 2.24) is 4.98 Å². The summed E-state index contributed by atoms with van der Waals surface area (Å²) in [5.41, 5.74) is 13.3. The maximum atomic E-state index is 13.1. The molecule has 0 radical (unpaired) electrons. The zero-order valence-corrected chi connectivity index (χ0v) is 22.7. The fourth-order valence-electron chi connectivity index (χ4n) is 3.81. The molecule has 2 amide bonds. The molecule has 0 fully saturated rings. The van der Waals surface area contributed by atoms with Gasteiger partial charge in [-0.05, 0) is 67.9 Å². The molecule has 0 unspecified atom stereocenters. The van der Waals surface area contributed by atoms with Crippen LogP contribution >= 0.6 is 0 Å². The van der Waals surface area contributed by atoms with Crippen LogP contribution in [0, 0.1) is 0 Å². The van der Waals surface area contributed by atoms with Crippen molar-refractivity contribution in [3.8, 4) is 11.5 Å². The molecule has 1 aromatic heterocycles. The van der Waals surface area contributed by atoms with Gasteiger partial charge in [0.2, 0.25) is 5.91 Å². The van der Waals surface area contributed by atoms with E-state index < -0.39 is 17.8 Å². The number of amides is 2. The number of anilines is 2. The number of ether oxygens (including phenoxy) is 3. The zero-order chi connectivity index (χ0) is 29.8. The van der Waals surface area contributed by atoms with Crippen molar-refractivity contribution in [1.29, 1.82) is 0 Å². The molecular formula is C28H32N6O7. The highest BCUT2D eigenvalue weighted by molar-refractivity contribution is 6.07. The third-order valence-electron chi connectivity index (χ3n) is 5.55. The van der Waals surface area contributed by atoms with Crippen molar-refractivity contribution < 1.29 is 33.8 Å². The Morgan fingerprint density at radius 3 is 2.44 bits per heavy atom. The number of rotatable bonds is 14. The fourth-order valence-corrected chi connectivity index (χ4v) is 3.81. The highest BCUT2D eigenvalue weighted by Crippen LogP contribution is 2.34. The third kappa shape index (κ3) is 8.58. The van der Waals surface area contributed by atoms with Gasteiger partial charge in [0.1, 0.15) is 5.82 Å². The number of hydrogen-bond donors (Lipinski definition) is 5. The third-order valence-corrected chi connectivity index (χ3v) is 5.55. The van der Waals surface area contributed by atoms with E-state index in [-0.39, 0.29) is 49.1 Å². The number of nitrogens with one attached hydrogen (secondary N) is 2. The lowest BCUT2D eigenvalue weighted by Crippen LogP contribution is -2.18. The molecule has 3 aromatic rings. The van der Waals surface area contributed by atoms with Crippen LogP contribution in [0.5, 0.6) is 11.5 Å². The van der Waals surface area contributed by atoms with Crippen molar-refractivity contribution in [3.63, 3.8) is 0 Å². The van der Waals surface area contributed by atoms with Gasteiger partial charge in [-0.1, -0.05) is 5.16 Å². The van der Waals surface area contributed by atoms with Gasteiger partial charge in [0.25, 0.3) is 5.91 Å². The minimum absolute atomic E-state index is 0.0446. The van der Waals surface area contributed by atoms with E-state index in [4.69, 9.17) is 30.9 Å². The van der Waals surface area contributed by atoms with E-state index in [1.807, 2.05) is 0 Å². The van der Waals surface area contributed by atoms with E-state index in [9.17, 15) is 14.4 Å². The number of pyridine rings is 1. The van der Waals surface area contributed by atoms with Gasteiger partial charge in [0.15, 0.2) is 23.9 Å². The number of primary amides is 1. The molecule has 13 heteroatoms. The molecule has 2 aromatic carbocycles. The normalized spacial score (nSPS) is 10.9. The van der Waals surface area contributed by atoms with E-state index in [1.165, 1.54) is 6.20 Å². The van der Waals surface area contributed by atoms with Gasteiger partial charge in [-0.25, -0.2) is 9.78 Å². The molecule has 0 aliphatic heterocycles. The standard InChI is InChI=1S/C28H32N6O7/c1-3-39-22-13-17(14-23(29)35)12-19(25(22)41-16-24(36)40-4-2)15-32-27-21(6-5-11-31-27)28(37)33-20-9-7-18(8-10-20)26(30)34-38/h5-13,38H,3-4,14-16H2,1-2H3,(H2,29,35)(H2,30,34)(H,31,32)(H,33,37). The van der Waals surface area contributed by atoms with E-state index in [1.54, 1.807) is 62.4 Å². The summed E-state index contributed by atoms with van der Waals surface area (Å²) in [6, 6.07) is 13.0. The van der Waals surface area contributed by atoms with E-state index in [0.29, 0.717) is 34.7 Å². The Hall–Kier alpha value is -5.33. The van der Waals surface area contributed by atoms with Gasteiger partial charge in [-0.15, -0.1) is 0 Å². The SMILES string of the molecule is CCOC(=O)COc1c(CNc2ncccc2C(=O)Nc2ccc(/C(N)=N/O)cc2)cc(CC(N)=O)cc1OCC. The Morgan fingerprint density at radius 1 is 1.02 bits per heavy atom. The smallest absolute Gasteiger partial charge is 0.344 e. The molecule has 0 saturated carbocycles. The Balaban J connectivity index is 1.87. The molecule has 0 atom stereocenters. The number of carbonyl (C=O) groups excluding carboxylic acids is 3. The van der Waals surface area contributed by atoms with Gasteiger partial charge in [0, 0.05) is 29.6 Å². The first kappa shape index (κ1) is 30.2. The lowest BCUT2D eigenvalue weighted by atomic mass is 10.1. The van der Waals surface area contributed by atoms with Crippen molar-refractivity contribution in [3.05, 3.63) is 77.0 Å². The molecule has 7 N–H and O–H groups in total. The second kappa shape index (κ2) is 14.7. The topological polar surface area (TPSA) is 200 Å². The van der Waals surface area contributed by atoms with Crippen molar-refractivity contribution in [2.75, 3.05) is 30.5 Å². The minimum Gasteiger partial charge on any atom is -0.490 e. The Kier molecular flexibility index (Phi) is 10.8. The Labute approximate surface area is 236 Å². The van der Waals surface area contributed by atoms with Crippen LogP contribution in [-0.4, -0.2) is 53.6 Å². The van der Waals surface area contributed by atoms with Gasteiger partial charge in [-0.2, -0.15) is 0 Å². The van der Waals surface area contributed by atoms with Gasteiger partial charge in [-0.3, -0.25) is 9.59 Å². The lowest BCUT2D eigenvalue weighted by Gasteiger charge is -2.18. The predicted molar refractivity (Wildman–Crippen MR) is 151 cm³/mol. The summed E-state index contributed by atoms with van der Waals surface area (Å²) in [5, 5.41) is 17.7. The Morgan fingerprint density at radius 2 is 1.78 bits per heavy atom. The highest BCUT2D eigenvalue weighted by atomic mass is 16.6. The van der Waals surface area contributed by atoms with Crippen LogP contribution in [0.25, 0.3) is 0 Å². The molecule has 0 bridgehead atoms. The van der Waals surface area contributed by atoms with Crippen LogP contribution in [0.2, 0.25) is 0 Å². The number of aromatic nitrogens is 1. The number of benzene rings is 2. The summed E-state index contributed by atoms with van der Waals surface area (Å²) >= 11 is 0. The number of carbonyl (C=O) groups is 3. The molecule has 3 rings (SSSR count). The number of oxime groups is 1. The molecule has 0 spiro atoms. The highest BCUT2D eigenvalue weighted by Gasteiger charge is 2.19. The quantitative estimate of drug-likeness (QED) is 0.0636. The summed E-state index contributed by atoms with van der Waals surface area (Å²) in [6.07, 6.45) is 1.48. The van der Waals surface area contributed by atoms with E-state index in [0.717, 1.165) is 0 Å².